The van der Waals surface area contributed by atoms with Gasteiger partial charge in [-0.25, -0.2) is 8.78 Å². The first-order chi connectivity index (χ1) is 25.1. The highest BCUT2D eigenvalue weighted by Crippen LogP contribution is 2.38. The number of nitrogens with two attached hydrogens (primary N) is 1. The molecule has 52 heavy (non-hydrogen) atoms. The zero-order valence-corrected chi connectivity index (χ0v) is 29.1. The summed E-state index contributed by atoms with van der Waals surface area (Å²) in [7, 11) is 0. The van der Waals surface area contributed by atoms with Gasteiger partial charge in [-0.3, -0.25) is 14.4 Å². The fourth-order valence-electron chi connectivity index (χ4n) is 7.27. The molecule has 1 saturated carbocycles. The predicted molar refractivity (Wildman–Crippen MR) is 189 cm³/mol. The van der Waals surface area contributed by atoms with Gasteiger partial charge in [-0.15, -0.1) is 0 Å². The summed E-state index contributed by atoms with van der Waals surface area (Å²) in [6.07, 6.45) is 4.53. The quantitative estimate of drug-likeness (QED) is 0.144. The van der Waals surface area contributed by atoms with Gasteiger partial charge in [0, 0.05) is 56.7 Å². The van der Waals surface area contributed by atoms with E-state index in [0.717, 1.165) is 52.8 Å². The summed E-state index contributed by atoms with van der Waals surface area (Å²) in [5, 5.41) is 13.3. The number of carbonyl (C=O) groups is 3. The molecule has 2 heterocycles. The van der Waals surface area contributed by atoms with Crippen LogP contribution in [-0.2, 0) is 33.8 Å². The molecule has 2 bridgehead atoms. The highest BCUT2D eigenvalue weighted by atomic mass is 19.2. The number of primary amides is 1. The molecular formula is C40H45F3N4O5. The number of aliphatic hydroxyl groups excluding tert-OH is 1. The van der Waals surface area contributed by atoms with Crippen LogP contribution in [0, 0.1) is 17.5 Å². The van der Waals surface area contributed by atoms with Crippen LogP contribution < -0.4 is 15.8 Å². The highest BCUT2D eigenvalue weighted by molar-refractivity contribution is 6.03. The molecular weight excluding hydrogens is 673 g/mol. The molecule has 4 N–H and O–H groups in total. The van der Waals surface area contributed by atoms with Gasteiger partial charge >= 0.3 is 0 Å². The van der Waals surface area contributed by atoms with Gasteiger partial charge in [0.25, 0.3) is 5.91 Å². The van der Waals surface area contributed by atoms with Crippen LogP contribution in [-0.4, -0.2) is 77.1 Å². The fourth-order valence-corrected chi connectivity index (χ4v) is 7.27. The smallest absolute Gasteiger partial charge is 0.252 e. The van der Waals surface area contributed by atoms with Crippen molar-refractivity contribution in [1.82, 2.24) is 15.1 Å². The van der Waals surface area contributed by atoms with Crippen molar-refractivity contribution < 1.29 is 37.4 Å². The third-order valence-electron chi connectivity index (χ3n) is 10.1. The molecule has 0 spiro atoms. The highest BCUT2D eigenvalue weighted by Gasteiger charge is 2.43. The Morgan fingerprint density at radius 1 is 0.904 bits per heavy atom. The normalized spacial score (nSPS) is 18.3. The number of amides is 3. The average molecular weight is 719 g/mol. The fraction of sp³-hybridized carbons (Fsp3) is 0.425. The lowest BCUT2D eigenvalue weighted by Crippen LogP contribution is -2.62. The average Bonchev–Trinajstić information content (AvgIpc) is 3.98. The van der Waals surface area contributed by atoms with E-state index < -0.39 is 35.2 Å². The number of fused-ring (bicyclic) bond motifs is 2. The molecule has 1 saturated heterocycles. The summed E-state index contributed by atoms with van der Waals surface area (Å²) >= 11 is 0. The Balaban J connectivity index is 1.24. The number of aliphatic hydroxyl groups is 1. The van der Waals surface area contributed by atoms with Gasteiger partial charge in [0.05, 0.1) is 12.6 Å². The van der Waals surface area contributed by atoms with E-state index in [2.05, 4.69) is 5.32 Å². The number of carbonyl (C=O) groups excluding carboxylic acids is 3. The standard InChI is InChI=1S/C40H45F3N4O5/c41-32-16-17-33(42)39(38(32)43)52-20-4-5-25-10-12-27(13-11-25)31-21-29-23-46(36(50)9-3-8-35(44)49)24-34(45-29)37(31)40(51)47(30-14-15-30)22-28-7-2-1-6-26(28)18-19-48/h1-2,6-7,10-13,16-17,29-30,34,45,48H,3-5,8-9,14-15,18-24H2,(H2,44,49). The van der Waals surface area contributed by atoms with Crippen molar-refractivity contribution in [2.24, 2.45) is 5.73 Å². The predicted octanol–water partition coefficient (Wildman–Crippen LogP) is 4.82. The maximum Gasteiger partial charge on any atom is 0.252 e. The zero-order valence-electron chi connectivity index (χ0n) is 29.1. The lowest BCUT2D eigenvalue weighted by atomic mass is 9.82. The van der Waals surface area contributed by atoms with Crippen LogP contribution in [0.2, 0.25) is 0 Å². The van der Waals surface area contributed by atoms with E-state index in [0.29, 0.717) is 57.3 Å². The Morgan fingerprint density at radius 3 is 2.35 bits per heavy atom. The summed E-state index contributed by atoms with van der Waals surface area (Å²) in [6, 6.07) is 16.9. The Bertz CT molecular complexity index is 1810. The van der Waals surface area contributed by atoms with Gasteiger partial charge in [0.2, 0.25) is 17.6 Å². The van der Waals surface area contributed by atoms with Gasteiger partial charge in [-0.1, -0.05) is 48.5 Å². The van der Waals surface area contributed by atoms with Crippen LogP contribution in [0.4, 0.5) is 13.2 Å². The Morgan fingerprint density at radius 2 is 1.63 bits per heavy atom. The van der Waals surface area contributed by atoms with Gasteiger partial charge in [-0.05, 0) is 84.9 Å². The minimum absolute atomic E-state index is 0.00589. The van der Waals surface area contributed by atoms with Crippen LogP contribution in [0.3, 0.4) is 0 Å². The van der Waals surface area contributed by atoms with Gasteiger partial charge in [0.15, 0.2) is 17.4 Å². The molecule has 2 atom stereocenters. The lowest BCUT2D eigenvalue weighted by molar-refractivity contribution is -0.134. The van der Waals surface area contributed by atoms with E-state index in [-0.39, 0.29) is 50.0 Å². The third-order valence-corrected chi connectivity index (χ3v) is 10.1. The van der Waals surface area contributed by atoms with E-state index in [1.165, 1.54) is 0 Å². The molecule has 276 valence electrons. The summed E-state index contributed by atoms with van der Waals surface area (Å²) in [5.41, 5.74) is 10.7. The number of rotatable bonds is 16. The van der Waals surface area contributed by atoms with Crippen molar-refractivity contribution in [2.75, 3.05) is 26.3 Å². The van der Waals surface area contributed by atoms with Crippen molar-refractivity contribution >= 4 is 23.3 Å². The van der Waals surface area contributed by atoms with Gasteiger partial charge in [-0.2, -0.15) is 4.39 Å². The first-order valence-corrected chi connectivity index (χ1v) is 18.0. The van der Waals surface area contributed by atoms with Crippen LogP contribution in [0.5, 0.6) is 5.75 Å². The van der Waals surface area contributed by atoms with E-state index in [1.807, 2.05) is 53.4 Å². The second kappa shape index (κ2) is 16.8. The third kappa shape index (κ3) is 8.85. The number of hydrogen-bond acceptors (Lipinski definition) is 6. The van der Waals surface area contributed by atoms with Crippen molar-refractivity contribution in [2.45, 2.75) is 82.5 Å². The van der Waals surface area contributed by atoms with Gasteiger partial charge < -0.3 is 30.7 Å². The molecule has 9 nitrogen and oxygen atoms in total. The molecule has 3 aliphatic rings. The number of benzene rings is 3. The van der Waals surface area contributed by atoms with Crippen molar-refractivity contribution in [3.63, 3.8) is 0 Å². The van der Waals surface area contributed by atoms with E-state index in [1.54, 1.807) is 4.90 Å². The molecule has 6 rings (SSSR count). The van der Waals surface area contributed by atoms with Crippen molar-refractivity contribution in [3.05, 3.63) is 106 Å². The number of aryl methyl sites for hydroxylation is 1. The minimum atomic E-state index is -1.35. The summed E-state index contributed by atoms with van der Waals surface area (Å²) in [4.78, 5) is 43.1. The number of piperazine rings is 1. The Hall–Kier alpha value is -4.68. The van der Waals surface area contributed by atoms with Gasteiger partial charge in [0.1, 0.15) is 0 Å². The number of nitrogens with zero attached hydrogens (tertiary/aromatic N) is 2. The zero-order chi connectivity index (χ0) is 36.8. The molecule has 3 aromatic carbocycles. The van der Waals surface area contributed by atoms with E-state index >= 15 is 0 Å². The van der Waals surface area contributed by atoms with E-state index in [9.17, 15) is 32.7 Å². The summed E-state index contributed by atoms with van der Waals surface area (Å²) in [5.74, 6) is -4.79. The monoisotopic (exact) mass is 718 g/mol. The maximum absolute atomic E-state index is 14.8. The maximum atomic E-state index is 14.8. The first-order valence-electron chi connectivity index (χ1n) is 18.0. The van der Waals surface area contributed by atoms with Crippen LogP contribution in [0.15, 0.2) is 66.2 Å². The van der Waals surface area contributed by atoms with Crippen molar-refractivity contribution in [3.8, 4) is 5.75 Å². The molecule has 3 aromatic rings. The van der Waals surface area contributed by atoms with E-state index in [4.69, 9.17) is 10.5 Å². The largest absolute Gasteiger partial charge is 0.488 e. The second-order valence-electron chi connectivity index (χ2n) is 13.9. The summed E-state index contributed by atoms with van der Waals surface area (Å²) in [6.45, 7) is 1.21. The molecule has 0 radical (unpaired) electrons. The van der Waals surface area contributed by atoms with Crippen LogP contribution in [0.25, 0.3) is 5.57 Å². The molecule has 2 fully saturated rings. The Labute approximate surface area is 301 Å². The Kier molecular flexibility index (Phi) is 12.0. The number of halogens is 3. The molecule has 0 aromatic heterocycles. The SMILES string of the molecule is NC(=O)CCCC(=O)N1CC2CC(c3ccc(CCCOc4c(F)ccc(F)c4F)cc3)=C(C(=O)N(Cc3ccccc3CCO)C3CC3)C(C1)N2. The molecule has 12 heteroatoms. The number of nitrogens with one attached hydrogen (secondary N) is 1. The molecule has 2 unspecified atom stereocenters. The summed E-state index contributed by atoms with van der Waals surface area (Å²) < 4.78 is 46.7. The van der Waals surface area contributed by atoms with Crippen molar-refractivity contribution in [1.29, 1.82) is 0 Å². The lowest BCUT2D eigenvalue weighted by Gasteiger charge is -2.45. The number of hydrogen-bond donors (Lipinski definition) is 3. The molecule has 3 amide bonds. The van der Waals surface area contributed by atoms with Crippen LogP contribution in [0.1, 0.15) is 67.2 Å². The first kappa shape index (κ1) is 37.1. The number of ether oxygens (including phenoxy) is 1. The molecule has 2 aliphatic heterocycles. The second-order valence-corrected chi connectivity index (χ2v) is 13.9. The topological polar surface area (TPSA) is 125 Å². The minimum Gasteiger partial charge on any atom is -0.488 e. The molecule has 1 aliphatic carbocycles. The van der Waals surface area contributed by atoms with Crippen LogP contribution >= 0.6 is 0 Å².